The summed E-state index contributed by atoms with van der Waals surface area (Å²) >= 11 is 0. The Labute approximate surface area is 125 Å². The minimum atomic E-state index is 0.402. The topological polar surface area (TPSA) is 0 Å². The summed E-state index contributed by atoms with van der Waals surface area (Å²) in [6, 6.07) is 4.69. The van der Waals surface area contributed by atoms with E-state index < -0.39 is 0 Å². The van der Waals surface area contributed by atoms with Gasteiger partial charge in [0.05, 0.1) is 0 Å². The molecule has 4 aliphatic rings. The average molecular weight is 270 g/mol. The van der Waals surface area contributed by atoms with Crippen molar-refractivity contribution in [1.29, 1.82) is 0 Å². The molecule has 2 unspecified atom stereocenters. The molecule has 0 heteroatoms. The Bertz CT molecular complexity index is 783. The third kappa shape index (κ3) is 1.62. The maximum Gasteiger partial charge on any atom is 0.0000514 e. The largest absolute Gasteiger partial charge is 0.0801 e. The van der Waals surface area contributed by atoms with Gasteiger partial charge >= 0.3 is 0 Å². The van der Waals surface area contributed by atoms with Crippen molar-refractivity contribution in [3.8, 4) is 0 Å². The first-order chi connectivity index (χ1) is 10.4. The summed E-state index contributed by atoms with van der Waals surface area (Å²) in [4.78, 5) is 0. The van der Waals surface area contributed by atoms with Crippen molar-refractivity contribution in [1.82, 2.24) is 0 Å². The third-order valence-corrected chi connectivity index (χ3v) is 5.41. The minimum absolute atomic E-state index is 0.402. The standard InChI is InChI=1S/C21H18/c1-2-7-16-9-10-18-19(17(16)8-3-1)12-15-6-4-5-11-21(13-15)14-20(18)21/h2-12,20H,1,13-14H2. The first-order valence-corrected chi connectivity index (χ1v) is 7.92. The normalized spacial score (nSPS) is 30.5. The number of hydrogen-bond donors (Lipinski definition) is 0. The molecular formula is C21H18. The maximum atomic E-state index is 2.45. The van der Waals surface area contributed by atoms with E-state index in [-0.39, 0.29) is 0 Å². The molecule has 1 spiro atoms. The van der Waals surface area contributed by atoms with Crippen molar-refractivity contribution in [2.45, 2.75) is 25.2 Å². The van der Waals surface area contributed by atoms with Crippen LogP contribution in [0.5, 0.6) is 0 Å². The summed E-state index contributed by atoms with van der Waals surface area (Å²) in [5.41, 5.74) is 7.69. The lowest BCUT2D eigenvalue weighted by Gasteiger charge is -2.13. The molecule has 0 nitrogen and oxygen atoms in total. The van der Waals surface area contributed by atoms with Crippen LogP contribution in [-0.2, 0) is 0 Å². The number of allylic oxidation sites excluding steroid dienone is 7. The second-order valence-electron chi connectivity index (χ2n) is 6.72. The van der Waals surface area contributed by atoms with Crippen molar-refractivity contribution >= 4 is 18.2 Å². The number of fused-ring (bicyclic) bond motifs is 5. The lowest BCUT2D eigenvalue weighted by Crippen LogP contribution is -1.99. The molecule has 0 amide bonds. The smallest absolute Gasteiger partial charge is 0.0000514 e. The summed E-state index contributed by atoms with van der Waals surface area (Å²) in [6.45, 7) is 0. The molecule has 0 N–H and O–H groups in total. The van der Waals surface area contributed by atoms with Gasteiger partial charge in [0.2, 0.25) is 0 Å². The lowest BCUT2D eigenvalue weighted by molar-refractivity contribution is 0.631. The summed E-state index contributed by atoms with van der Waals surface area (Å²) in [5, 5.41) is 0. The first kappa shape index (κ1) is 11.6. The van der Waals surface area contributed by atoms with E-state index in [0.717, 1.165) is 6.42 Å². The van der Waals surface area contributed by atoms with E-state index in [1.165, 1.54) is 35.1 Å². The zero-order valence-electron chi connectivity index (χ0n) is 12.0. The van der Waals surface area contributed by atoms with Gasteiger partial charge in [-0.2, -0.15) is 0 Å². The Morgan fingerprint density at radius 3 is 2.90 bits per heavy atom. The van der Waals surface area contributed by atoms with Gasteiger partial charge in [0.1, 0.15) is 0 Å². The van der Waals surface area contributed by atoms with Crippen molar-refractivity contribution in [2.75, 3.05) is 0 Å². The number of hydrogen-bond acceptors (Lipinski definition) is 0. The number of rotatable bonds is 0. The highest BCUT2D eigenvalue weighted by Crippen LogP contribution is 2.66. The Morgan fingerprint density at radius 2 is 1.90 bits per heavy atom. The minimum Gasteiger partial charge on any atom is -0.0801 e. The molecule has 0 heterocycles. The predicted molar refractivity (Wildman–Crippen MR) is 89.8 cm³/mol. The van der Waals surface area contributed by atoms with E-state index in [2.05, 4.69) is 66.8 Å². The van der Waals surface area contributed by atoms with Gasteiger partial charge in [-0.1, -0.05) is 66.8 Å². The maximum absolute atomic E-state index is 2.45. The second-order valence-corrected chi connectivity index (χ2v) is 6.72. The fraction of sp³-hybridized carbons (Fsp3) is 0.238. The Morgan fingerprint density at radius 1 is 0.952 bits per heavy atom. The van der Waals surface area contributed by atoms with Crippen molar-refractivity contribution in [3.05, 3.63) is 76.4 Å². The third-order valence-electron chi connectivity index (χ3n) is 5.41. The second kappa shape index (κ2) is 3.98. The molecule has 1 aromatic carbocycles. The molecule has 102 valence electrons. The highest BCUT2D eigenvalue weighted by atomic mass is 14.6. The van der Waals surface area contributed by atoms with Gasteiger partial charge in [0.15, 0.2) is 0 Å². The first-order valence-electron chi connectivity index (χ1n) is 7.92. The van der Waals surface area contributed by atoms with E-state index in [1.54, 1.807) is 5.56 Å². The number of benzene rings is 1. The van der Waals surface area contributed by atoms with Crippen LogP contribution in [0.1, 0.15) is 47.4 Å². The summed E-state index contributed by atoms with van der Waals surface area (Å²) in [6.07, 6.45) is 24.3. The highest BCUT2D eigenvalue weighted by molar-refractivity contribution is 5.80. The molecule has 1 fully saturated rings. The molecule has 1 aromatic rings. The molecule has 2 bridgehead atoms. The van der Waals surface area contributed by atoms with Crippen molar-refractivity contribution in [2.24, 2.45) is 5.41 Å². The van der Waals surface area contributed by atoms with Crippen LogP contribution in [0.2, 0.25) is 0 Å². The molecule has 21 heavy (non-hydrogen) atoms. The van der Waals surface area contributed by atoms with E-state index in [1.807, 2.05) is 0 Å². The summed E-state index contributed by atoms with van der Waals surface area (Å²) in [5.74, 6) is 0.711. The monoisotopic (exact) mass is 270 g/mol. The van der Waals surface area contributed by atoms with Gasteiger partial charge in [0.25, 0.3) is 0 Å². The lowest BCUT2D eigenvalue weighted by atomic mass is 9.91. The quantitative estimate of drug-likeness (QED) is 0.583. The Kier molecular flexibility index (Phi) is 2.19. The zero-order valence-corrected chi connectivity index (χ0v) is 12.0. The summed E-state index contributed by atoms with van der Waals surface area (Å²) in [7, 11) is 0. The van der Waals surface area contributed by atoms with Crippen LogP contribution in [0.15, 0.2) is 54.2 Å². The fourth-order valence-corrected chi connectivity index (χ4v) is 4.25. The Balaban J connectivity index is 1.80. The van der Waals surface area contributed by atoms with Crippen LogP contribution in [0.4, 0.5) is 0 Å². The van der Waals surface area contributed by atoms with Gasteiger partial charge in [-0.25, -0.2) is 0 Å². The van der Waals surface area contributed by atoms with Crippen LogP contribution in [-0.4, -0.2) is 0 Å². The van der Waals surface area contributed by atoms with Crippen LogP contribution in [0, 0.1) is 5.41 Å². The van der Waals surface area contributed by atoms with Gasteiger partial charge in [-0.05, 0) is 53.0 Å². The van der Waals surface area contributed by atoms with E-state index >= 15 is 0 Å². The molecule has 0 radical (unpaired) electrons. The van der Waals surface area contributed by atoms with E-state index in [4.69, 9.17) is 0 Å². The van der Waals surface area contributed by atoms with Gasteiger partial charge < -0.3 is 0 Å². The molecular weight excluding hydrogens is 252 g/mol. The van der Waals surface area contributed by atoms with E-state index in [0.29, 0.717) is 11.3 Å². The van der Waals surface area contributed by atoms with Crippen LogP contribution >= 0.6 is 0 Å². The van der Waals surface area contributed by atoms with E-state index in [9.17, 15) is 0 Å². The highest BCUT2D eigenvalue weighted by Gasteiger charge is 2.54. The van der Waals surface area contributed by atoms with Crippen LogP contribution in [0.3, 0.4) is 0 Å². The zero-order chi connectivity index (χ0) is 13.9. The van der Waals surface area contributed by atoms with Gasteiger partial charge in [-0.15, -0.1) is 0 Å². The van der Waals surface area contributed by atoms with Gasteiger partial charge in [0, 0.05) is 5.41 Å². The molecule has 0 aromatic heterocycles. The van der Waals surface area contributed by atoms with Crippen LogP contribution < -0.4 is 0 Å². The van der Waals surface area contributed by atoms with Crippen LogP contribution in [0.25, 0.3) is 18.2 Å². The van der Waals surface area contributed by atoms with Crippen molar-refractivity contribution in [3.63, 3.8) is 0 Å². The molecule has 4 aliphatic carbocycles. The average Bonchev–Trinajstić information content (AvgIpc) is 3.26. The van der Waals surface area contributed by atoms with Gasteiger partial charge in [-0.3, -0.25) is 0 Å². The SMILES string of the molecule is C1=CC2=Cc3c(ccc4c3C=CCC=C4)C3CC3(C=C1)C2. The predicted octanol–water partition coefficient (Wildman–Crippen LogP) is 5.50. The molecule has 0 saturated heterocycles. The fourth-order valence-electron chi connectivity index (χ4n) is 4.25. The van der Waals surface area contributed by atoms with Crippen molar-refractivity contribution < 1.29 is 0 Å². The molecule has 5 rings (SSSR count). The summed E-state index contributed by atoms with van der Waals surface area (Å²) < 4.78 is 0. The molecule has 1 saturated carbocycles. The molecule has 0 aliphatic heterocycles. The Hall–Kier alpha value is -2.08. The molecule has 2 atom stereocenters.